The van der Waals surface area contributed by atoms with Gasteiger partial charge >= 0.3 is 17.9 Å². The molecule has 0 saturated heterocycles. The van der Waals surface area contributed by atoms with Crippen LogP contribution in [0.5, 0.6) is 11.5 Å². The lowest BCUT2D eigenvalue weighted by molar-refractivity contribution is -0.159. The summed E-state index contributed by atoms with van der Waals surface area (Å²) in [5.74, 6) is -6.45. The van der Waals surface area contributed by atoms with Crippen LogP contribution in [0.4, 0.5) is 0 Å². The molecule has 3 aromatic rings. The van der Waals surface area contributed by atoms with Crippen molar-refractivity contribution in [2.45, 2.75) is 169 Å². The van der Waals surface area contributed by atoms with Gasteiger partial charge in [-0.25, -0.2) is 4.79 Å². The van der Waals surface area contributed by atoms with E-state index in [9.17, 15) is 39.0 Å². The molecular weight excluding hydrogens is 899 g/mol. The average molecular weight is 978 g/mol. The number of carboxylic acids is 2. The fourth-order valence-electron chi connectivity index (χ4n) is 9.47. The van der Waals surface area contributed by atoms with Gasteiger partial charge in [0.2, 0.25) is 11.8 Å². The third-order valence-electron chi connectivity index (χ3n) is 14.0. The fraction of sp³-hybridized carbons (Fsp3) is 0.623. The Hall–Kier alpha value is -4.93. The van der Waals surface area contributed by atoms with Crippen molar-refractivity contribution in [2.24, 2.45) is 35.1 Å². The first-order valence-corrected chi connectivity index (χ1v) is 25.5. The van der Waals surface area contributed by atoms with E-state index in [1.54, 1.807) is 6.92 Å². The number of hydrogen-bond acceptors (Lipinski definition) is 11. The van der Waals surface area contributed by atoms with Crippen molar-refractivity contribution >= 4 is 59.0 Å². The lowest BCUT2D eigenvalue weighted by Gasteiger charge is -2.38. The molecule has 0 saturated carbocycles. The van der Waals surface area contributed by atoms with E-state index in [0.717, 1.165) is 70.9 Å². The standard InChI is InChI=1S/C53H79N5O10S/c1-31(2)14-11-15-32(3)16-12-17-33(4)18-13-25-53(8)26-23-38-36(7)47(34(5)35(6)48(38)68-53)67-52(66)40(49(62)56-27-24-37-28-57-43-20-10-9-19-39(37)43)29-58(50(63)42(55)30-69)45(51(64)65)46(61)41(54)21-22-44(59)60/h9-10,19-20,28,31-33,40-42,45,57,69H,11-18,21-27,29-30,54-55H2,1-8H3,(H,56,62)(H,59,60)(H,64,65). The molecule has 8 N–H and O–H groups in total. The van der Waals surface area contributed by atoms with E-state index >= 15 is 0 Å². The maximum Gasteiger partial charge on any atom is 0.334 e. The average Bonchev–Trinajstić information content (AvgIpc) is 3.71. The van der Waals surface area contributed by atoms with E-state index in [0.29, 0.717) is 34.8 Å². The summed E-state index contributed by atoms with van der Waals surface area (Å²) in [6.07, 6.45) is 13.3. The first-order valence-electron chi connectivity index (χ1n) is 24.9. The maximum absolute atomic E-state index is 14.6. The molecule has 382 valence electrons. The number of carbonyl (C=O) groups is 6. The van der Waals surface area contributed by atoms with Crippen molar-refractivity contribution in [1.82, 2.24) is 15.2 Å². The highest BCUT2D eigenvalue weighted by atomic mass is 32.1. The molecule has 1 aromatic heterocycles. The van der Waals surface area contributed by atoms with Crippen molar-refractivity contribution in [2.75, 3.05) is 18.8 Å². The predicted octanol–water partition coefficient (Wildman–Crippen LogP) is 7.80. The molecule has 7 atom stereocenters. The van der Waals surface area contributed by atoms with Gasteiger partial charge < -0.3 is 46.4 Å². The summed E-state index contributed by atoms with van der Waals surface area (Å²) in [4.78, 5) is 84.4. The summed E-state index contributed by atoms with van der Waals surface area (Å²) in [5, 5.41) is 23.3. The van der Waals surface area contributed by atoms with E-state index in [1.807, 2.05) is 44.3 Å². The molecule has 2 heterocycles. The molecule has 16 heteroatoms. The number of aromatic amines is 1. The number of fused-ring (bicyclic) bond motifs is 2. The lowest BCUT2D eigenvalue weighted by atomic mass is 9.83. The molecule has 69 heavy (non-hydrogen) atoms. The van der Waals surface area contributed by atoms with Gasteiger partial charge in [0.1, 0.15) is 17.1 Å². The highest BCUT2D eigenvalue weighted by Crippen LogP contribution is 2.45. The van der Waals surface area contributed by atoms with Crippen molar-refractivity contribution in [1.29, 1.82) is 0 Å². The Morgan fingerprint density at radius 2 is 1.52 bits per heavy atom. The van der Waals surface area contributed by atoms with Crippen LogP contribution < -0.4 is 26.3 Å². The zero-order valence-corrected chi connectivity index (χ0v) is 43.1. The molecule has 7 unspecified atom stereocenters. The van der Waals surface area contributed by atoms with Gasteiger partial charge in [-0.2, -0.15) is 12.6 Å². The first kappa shape index (κ1) is 56.7. The summed E-state index contributed by atoms with van der Waals surface area (Å²) in [7, 11) is 0. The molecule has 4 rings (SSSR count). The van der Waals surface area contributed by atoms with Gasteiger partial charge in [0.05, 0.1) is 12.1 Å². The van der Waals surface area contributed by atoms with Crippen molar-refractivity contribution in [3.8, 4) is 11.5 Å². The number of hydrogen-bond donors (Lipinski definition) is 7. The smallest absolute Gasteiger partial charge is 0.334 e. The highest BCUT2D eigenvalue weighted by Gasteiger charge is 2.44. The molecular formula is C53H79N5O10S. The number of nitrogens with zero attached hydrogens (tertiary/aromatic N) is 1. The molecule has 2 aromatic carbocycles. The second-order valence-electron chi connectivity index (χ2n) is 20.3. The molecule has 1 aliphatic heterocycles. The maximum atomic E-state index is 14.6. The van der Waals surface area contributed by atoms with Crippen LogP contribution in [0, 0.1) is 44.4 Å². The van der Waals surface area contributed by atoms with Gasteiger partial charge in [-0.15, -0.1) is 0 Å². The van der Waals surface area contributed by atoms with Gasteiger partial charge in [0, 0.05) is 47.9 Å². The molecule has 0 spiro atoms. The summed E-state index contributed by atoms with van der Waals surface area (Å²) in [6, 6.07) is 2.21. The number of thiol groups is 1. The van der Waals surface area contributed by atoms with Gasteiger partial charge in [-0.05, 0) is 112 Å². The van der Waals surface area contributed by atoms with Crippen molar-refractivity contribution < 1.29 is 48.5 Å². The summed E-state index contributed by atoms with van der Waals surface area (Å²) >= 11 is 4.11. The van der Waals surface area contributed by atoms with Gasteiger partial charge in [-0.1, -0.05) is 90.8 Å². The Labute approximate surface area is 414 Å². The number of H-pyrrole nitrogens is 1. The second kappa shape index (κ2) is 26.3. The van der Waals surface area contributed by atoms with E-state index < -0.39 is 84.5 Å². The number of benzene rings is 2. The number of esters is 1. The minimum absolute atomic E-state index is 0.0406. The number of amides is 2. The van der Waals surface area contributed by atoms with E-state index in [2.05, 4.69) is 57.5 Å². The third-order valence-corrected chi connectivity index (χ3v) is 14.4. The third kappa shape index (κ3) is 15.8. The number of ketones is 1. The van der Waals surface area contributed by atoms with Gasteiger partial charge in [-0.3, -0.25) is 24.0 Å². The number of ether oxygens (including phenoxy) is 2. The number of nitrogens with one attached hydrogen (secondary N) is 2. The largest absolute Gasteiger partial charge is 0.487 e. The van der Waals surface area contributed by atoms with Crippen LogP contribution in [-0.4, -0.2) is 98.2 Å². The van der Waals surface area contributed by atoms with Crippen LogP contribution in [-0.2, 0) is 41.6 Å². The van der Waals surface area contributed by atoms with E-state index in [1.165, 1.54) is 38.5 Å². The quantitative estimate of drug-likeness (QED) is 0.0153. The number of para-hydroxylation sites is 1. The Balaban J connectivity index is 1.57. The molecule has 0 radical (unpaired) electrons. The fourth-order valence-corrected chi connectivity index (χ4v) is 9.63. The number of carbonyl (C=O) groups excluding carboxylic acids is 4. The molecule has 0 fully saturated rings. The van der Waals surface area contributed by atoms with Crippen LogP contribution in [0.15, 0.2) is 30.5 Å². The number of carboxylic acid groups (broad SMARTS) is 2. The van der Waals surface area contributed by atoms with Crippen LogP contribution in [0.1, 0.15) is 139 Å². The second-order valence-corrected chi connectivity index (χ2v) is 20.6. The van der Waals surface area contributed by atoms with Crippen LogP contribution in [0.3, 0.4) is 0 Å². The lowest BCUT2D eigenvalue weighted by Crippen LogP contribution is -2.60. The van der Waals surface area contributed by atoms with Crippen molar-refractivity contribution in [3.63, 3.8) is 0 Å². The van der Waals surface area contributed by atoms with E-state index in [-0.39, 0.29) is 18.0 Å². The van der Waals surface area contributed by atoms with Crippen LogP contribution in [0.2, 0.25) is 0 Å². The highest BCUT2D eigenvalue weighted by molar-refractivity contribution is 7.80. The summed E-state index contributed by atoms with van der Waals surface area (Å²) < 4.78 is 13.0. The number of aliphatic carboxylic acids is 2. The van der Waals surface area contributed by atoms with Gasteiger partial charge in [0.25, 0.3) is 0 Å². The minimum Gasteiger partial charge on any atom is -0.487 e. The van der Waals surface area contributed by atoms with Crippen LogP contribution >= 0.6 is 12.6 Å². The number of aromatic nitrogens is 1. The monoisotopic (exact) mass is 978 g/mol. The number of Topliss-reactive ketones (excluding diaryl/α,β-unsaturated/α-hetero) is 1. The van der Waals surface area contributed by atoms with Crippen molar-refractivity contribution in [3.05, 3.63) is 58.3 Å². The van der Waals surface area contributed by atoms with Crippen LogP contribution in [0.25, 0.3) is 10.9 Å². The number of nitrogens with two attached hydrogens (primary N) is 2. The SMILES string of the molecule is Cc1c(C)c2c(c(C)c1OC(=O)C(CN(C(=O)C(N)CS)C(C(=O)O)C(=O)C(N)CCC(=O)O)C(=O)NCCc1c[nH]c3ccccc13)CCC(C)(CCCC(C)CCCC(C)CCCC(C)C)O2. The van der Waals surface area contributed by atoms with E-state index in [4.69, 9.17) is 20.9 Å². The summed E-state index contributed by atoms with van der Waals surface area (Å²) in [6.45, 7) is 16.1. The minimum atomic E-state index is -2.33. The zero-order chi connectivity index (χ0) is 51.2. The molecule has 1 aliphatic rings. The molecule has 15 nitrogen and oxygen atoms in total. The zero-order valence-electron chi connectivity index (χ0n) is 42.2. The molecule has 0 bridgehead atoms. The first-order chi connectivity index (χ1) is 32.6. The Morgan fingerprint density at radius 3 is 2.14 bits per heavy atom. The topological polar surface area (TPSA) is 244 Å². The Bertz CT molecular complexity index is 2260. The summed E-state index contributed by atoms with van der Waals surface area (Å²) in [5.41, 5.74) is 16.3. The Morgan fingerprint density at radius 1 is 0.884 bits per heavy atom. The van der Waals surface area contributed by atoms with Gasteiger partial charge in [0.15, 0.2) is 17.7 Å². The normalized spacial score (nSPS) is 17.2. The molecule has 2 amide bonds. The Kier molecular flexibility index (Phi) is 21.6. The molecule has 0 aliphatic carbocycles. The predicted molar refractivity (Wildman–Crippen MR) is 272 cm³/mol. The number of rotatable bonds is 29.